The zero-order valence-corrected chi connectivity index (χ0v) is 8.87. The summed E-state index contributed by atoms with van der Waals surface area (Å²) in [5.74, 6) is -0.591. The topological polar surface area (TPSA) is 55.4 Å². The Kier molecular flexibility index (Phi) is 3.26. The van der Waals surface area contributed by atoms with Crippen LogP contribution in [0.2, 0.25) is 0 Å². The Labute approximate surface area is 84.0 Å². The molecule has 0 saturated carbocycles. The second kappa shape index (κ2) is 4.09. The number of aldehydes is 1. The van der Waals surface area contributed by atoms with E-state index in [-0.39, 0.29) is 17.9 Å². The van der Waals surface area contributed by atoms with Crippen molar-refractivity contribution >= 4 is 12.3 Å². The van der Waals surface area contributed by atoms with E-state index >= 15 is 0 Å². The third kappa shape index (κ3) is 2.80. The number of rotatable bonds is 2. The molecule has 1 aliphatic heterocycles. The summed E-state index contributed by atoms with van der Waals surface area (Å²) in [5, 5.41) is 2.95. The number of ether oxygens (including phenoxy) is 1. The lowest BCUT2D eigenvalue weighted by molar-refractivity contribution is -0.160. The van der Waals surface area contributed by atoms with Crippen molar-refractivity contribution < 1.29 is 14.3 Å². The minimum Gasteiger partial charge on any atom is -0.460 e. The van der Waals surface area contributed by atoms with Crippen LogP contribution >= 0.6 is 0 Å². The number of carbonyl (C=O) groups is 2. The van der Waals surface area contributed by atoms with Gasteiger partial charge in [-0.15, -0.1) is 0 Å². The van der Waals surface area contributed by atoms with Gasteiger partial charge in [-0.05, 0) is 33.7 Å². The van der Waals surface area contributed by atoms with E-state index in [0.717, 1.165) is 6.29 Å². The van der Waals surface area contributed by atoms with E-state index in [1.54, 1.807) is 0 Å². The van der Waals surface area contributed by atoms with Crippen LogP contribution in [-0.4, -0.2) is 30.4 Å². The molecular formula is C10H17NO3. The zero-order chi connectivity index (χ0) is 10.8. The summed E-state index contributed by atoms with van der Waals surface area (Å²) < 4.78 is 5.22. The summed E-state index contributed by atoms with van der Waals surface area (Å²) in [4.78, 5) is 22.2. The highest BCUT2D eigenvalue weighted by Gasteiger charge is 2.35. The summed E-state index contributed by atoms with van der Waals surface area (Å²) in [6.07, 6.45) is 1.46. The molecule has 0 aliphatic carbocycles. The second-order valence-electron chi connectivity index (χ2n) is 4.54. The Hall–Kier alpha value is -0.900. The van der Waals surface area contributed by atoms with E-state index in [9.17, 15) is 9.59 Å². The second-order valence-corrected chi connectivity index (χ2v) is 4.54. The van der Waals surface area contributed by atoms with Gasteiger partial charge < -0.3 is 14.8 Å². The minimum atomic E-state index is -0.479. The van der Waals surface area contributed by atoms with Crippen LogP contribution < -0.4 is 5.32 Å². The van der Waals surface area contributed by atoms with Crippen molar-refractivity contribution in [3.05, 3.63) is 0 Å². The maximum Gasteiger partial charge on any atom is 0.311 e. The first kappa shape index (κ1) is 11.2. The molecule has 1 N–H and O–H groups in total. The highest BCUT2D eigenvalue weighted by molar-refractivity contribution is 5.79. The molecule has 0 aromatic heterocycles. The number of nitrogens with one attached hydrogen (secondary N) is 1. The smallest absolute Gasteiger partial charge is 0.311 e. The van der Waals surface area contributed by atoms with Gasteiger partial charge in [0.05, 0.1) is 12.0 Å². The van der Waals surface area contributed by atoms with Crippen LogP contribution in [0.1, 0.15) is 27.2 Å². The minimum absolute atomic E-state index is 0.278. The molecule has 0 amide bonds. The molecule has 0 bridgehead atoms. The Morgan fingerprint density at radius 3 is 2.64 bits per heavy atom. The summed E-state index contributed by atoms with van der Waals surface area (Å²) in [7, 11) is 0. The van der Waals surface area contributed by atoms with Crippen LogP contribution in [0.4, 0.5) is 0 Å². The highest BCUT2D eigenvalue weighted by atomic mass is 16.6. The zero-order valence-electron chi connectivity index (χ0n) is 8.87. The van der Waals surface area contributed by atoms with Gasteiger partial charge in [-0.25, -0.2) is 0 Å². The first-order valence-corrected chi connectivity index (χ1v) is 4.85. The molecule has 0 aromatic carbocycles. The fourth-order valence-electron chi connectivity index (χ4n) is 1.51. The molecule has 0 radical (unpaired) electrons. The van der Waals surface area contributed by atoms with Gasteiger partial charge in [-0.1, -0.05) is 0 Å². The predicted molar refractivity (Wildman–Crippen MR) is 51.8 cm³/mol. The van der Waals surface area contributed by atoms with Crippen molar-refractivity contribution in [1.29, 1.82) is 0 Å². The van der Waals surface area contributed by atoms with Gasteiger partial charge in [0.2, 0.25) is 0 Å². The molecule has 80 valence electrons. The van der Waals surface area contributed by atoms with Crippen LogP contribution in [0, 0.1) is 5.92 Å². The Morgan fingerprint density at radius 1 is 1.50 bits per heavy atom. The van der Waals surface area contributed by atoms with E-state index in [0.29, 0.717) is 13.0 Å². The van der Waals surface area contributed by atoms with Crippen LogP contribution in [0.15, 0.2) is 0 Å². The monoisotopic (exact) mass is 199 g/mol. The van der Waals surface area contributed by atoms with Crippen molar-refractivity contribution in [3.8, 4) is 0 Å². The highest BCUT2D eigenvalue weighted by Crippen LogP contribution is 2.19. The average molecular weight is 199 g/mol. The van der Waals surface area contributed by atoms with Crippen molar-refractivity contribution in [2.45, 2.75) is 38.8 Å². The molecule has 4 heteroatoms. The molecule has 14 heavy (non-hydrogen) atoms. The maximum absolute atomic E-state index is 11.6. The molecule has 1 fully saturated rings. The average Bonchev–Trinajstić information content (AvgIpc) is 2.47. The molecule has 1 heterocycles. The molecule has 2 atom stereocenters. The van der Waals surface area contributed by atoms with Gasteiger partial charge in [0.25, 0.3) is 0 Å². The van der Waals surface area contributed by atoms with Gasteiger partial charge in [0.15, 0.2) is 0 Å². The molecule has 1 saturated heterocycles. The maximum atomic E-state index is 11.6. The van der Waals surface area contributed by atoms with Crippen LogP contribution in [-0.2, 0) is 14.3 Å². The Morgan fingerprint density at radius 2 is 2.14 bits per heavy atom. The molecule has 0 spiro atoms. The molecule has 1 aliphatic rings. The van der Waals surface area contributed by atoms with Gasteiger partial charge >= 0.3 is 5.97 Å². The lowest BCUT2D eigenvalue weighted by Gasteiger charge is -2.23. The van der Waals surface area contributed by atoms with E-state index in [2.05, 4.69) is 5.32 Å². The molecule has 4 nitrogen and oxygen atoms in total. The van der Waals surface area contributed by atoms with Crippen molar-refractivity contribution in [2.24, 2.45) is 5.92 Å². The molecule has 1 rings (SSSR count). The third-order valence-corrected chi connectivity index (χ3v) is 2.13. The molecular weight excluding hydrogens is 182 g/mol. The van der Waals surface area contributed by atoms with Crippen molar-refractivity contribution in [3.63, 3.8) is 0 Å². The number of carbonyl (C=O) groups excluding carboxylic acids is 2. The fraction of sp³-hybridized carbons (Fsp3) is 0.800. The Balaban J connectivity index is 2.56. The lowest BCUT2D eigenvalue weighted by atomic mass is 10.0. The summed E-state index contributed by atoms with van der Waals surface area (Å²) >= 11 is 0. The number of hydrogen-bond acceptors (Lipinski definition) is 4. The van der Waals surface area contributed by atoms with E-state index < -0.39 is 5.60 Å². The largest absolute Gasteiger partial charge is 0.460 e. The standard InChI is InChI=1S/C10H17NO3/c1-10(2,3)14-9(13)7-4-5-11-8(7)6-12/h6-8,11H,4-5H2,1-3H3/t7?,8-/m1/s1. The van der Waals surface area contributed by atoms with Crippen molar-refractivity contribution in [2.75, 3.05) is 6.54 Å². The molecule has 1 unspecified atom stereocenters. The summed E-state index contributed by atoms with van der Waals surface area (Å²) in [6.45, 7) is 6.17. The van der Waals surface area contributed by atoms with Gasteiger partial charge in [-0.3, -0.25) is 4.79 Å². The first-order chi connectivity index (χ1) is 6.44. The summed E-state index contributed by atoms with van der Waals surface area (Å²) in [5.41, 5.74) is -0.479. The first-order valence-electron chi connectivity index (χ1n) is 4.85. The Bertz CT molecular complexity index is 232. The van der Waals surface area contributed by atoms with E-state index in [1.165, 1.54) is 0 Å². The van der Waals surface area contributed by atoms with E-state index in [4.69, 9.17) is 4.74 Å². The van der Waals surface area contributed by atoms with Crippen molar-refractivity contribution in [1.82, 2.24) is 5.32 Å². The summed E-state index contributed by atoms with van der Waals surface area (Å²) in [6, 6.07) is -0.371. The number of esters is 1. The quantitative estimate of drug-likeness (QED) is 0.520. The lowest BCUT2D eigenvalue weighted by Crippen LogP contribution is -2.36. The van der Waals surface area contributed by atoms with Gasteiger partial charge in [0, 0.05) is 0 Å². The fourth-order valence-corrected chi connectivity index (χ4v) is 1.51. The normalized spacial score (nSPS) is 27.4. The van der Waals surface area contributed by atoms with Crippen LogP contribution in [0.5, 0.6) is 0 Å². The van der Waals surface area contributed by atoms with Gasteiger partial charge in [-0.2, -0.15) is 0 Å². The predicted octanol–water partition coefficient (Wildman–Crippen LogP) is 0.505. The van der Waals surface area contributed by atoms with E-state index in [1.807, 2.05) is 20.8 Å². The van der Waals surface area contributed by atoms with Gasteiger partial charge in [0.1, 0.15) is 11.9 Å². The number of hydrogen-bond donors (Lipinski definition) is 1. The molecule has 0 aromatic rings. The van der Waals surface area contributed by atoms with Crippen LogP contribution in [0.25, 0.3) is 0 Å². The SMILES string of the molecule is CC(C)(C)OC(=O)C1CCN[C@@H]1C=O. The van der Waals surface area contributed by atoms with Crippen LogP contribution in [0.3, 0.4) is 0 Å². The third-order valence-electron chi connectivity index (χ3n) is 2.13.